The molecule has 1 aliphatic rings. The number of hydrogen-bond donors (Lipinski definition) is 1. The molecule has 0 amide bonds. The van der Waals surface area contributed by atoms with Crippen LogP contribution in [0.5, 0.6) is 0 Å². The summed E-state index contributed by atoms with van der Waals surface area (Å²) in [5.74, 6) is 1.89. The van der Waals surface area contributed by atoms with E-state index in [0.29, 0.717) is 29.9 Å². The molecule has 1 heterocycles. The summed E-state index contributed by atoms with van der Waals surface area (Å²) in [4.78, 5) is 4.40. The third-order valence-corrected chi connectivity index (χ3v) is 4.63. The van der Waals surface area contributed by atoms with E-state index in [1.54, 1.807) is 0 Å². The van der Waals surface area contributed by atoms with Crippen molar-refractivity contribution in [2.75, 3.05) is 11.9 Å². The lowest BCUT2D eigenvalue weighted by Crippen LogP contribution is -2.05. The highest BCUT2D eigenvalue weighted by atomic mass is 16.4. The molecular weight excluding hydrogens is 310 g/mol. The Balaban J connectivity index is 1.41. The minimum atomic E-state index is 0.277. The van der Waals surface area contributed by atoms with E-state index in [1.807, 2.05) is 24.3 Å². The fraction of sp³-hybridized carbons (Fsp3) is 0.238. The van der Waals surface area contributed by atoms with Crippen LogP contribution in [0.2, 0.25) is 0 Å². The monoisotopic (exact) mass is 329 g/mol. The lowest BCUT2D eigenvalue weighted by molar-refractivity contribution is 0.505. The average Bonchev–Trinajstić information content (AvgIpc) is 3.37. The van der Waals surface area contributed by atoms with Gasteiger partial charge in [-0.2, -0.15) is 5.26 Å². The molecule has 4 rings (SSSR count). The third kappa shape index (κ3) is 3.41. The van der Waals surface area contributed by atoms with E-state index < -0.39 is 0 Å². The second-order valence-electron chi connectivity index (χ2n) is 6.36. The van der Waals surface area contributed by atoms with Crippen LogP contribution < -0.4 is 5.32 Å². The van der Waals surface area contributed by atoms with Crippen molar-refractivity contribution in [3.05, 3.63) is 83.4 Å². The van der Waals surface area contributed by atoms with E-state index in [2.05, 4.69) is 52.8 Å². The van der Waals surface area contributed by atoms with Crippen molar-refractivity contribution in [1.82, 2.24) is 4.98 Å². The number of oxazole rings is 1. The Kier molecular flexibility index (Phi) is 4.22. The van der Waals surface area contributed by atoms with Crippen molar-refractivity contribution in [3.8, 4) is 6.07 Å². The van der Waals surface area contributed by atoms with Crippen LogP contribution in [-0.4, -0.2) is 11.5 Å². The minimum Gasteiger partial charge on any atom is -0.424 e. The Morgan fingerprint density at radius 3 is 2.48 bits per heavy atom. The summed E-state index contributed by atoms with van der Waals surface area (Å²) in [5, 5.41) is 12.5. The lowest BCUT2D eigenvalue weighted by atomic mass is 10.1. The topological polar surface area (TPSA) is 61.9 Å². The highest BCUT2D eigenvalue weighted by Gasteiger charge is 2.43. The normalized spacial score (nSPS) is 18.5. The molecule has 2 aromatic carbocycles. The van der Waals surface area contributed by atoms with Crippen LogP contribution in [0.1, 0.15) is 41.0 Å². The molecule has 1 aliphatic carbocycles. The van der Waals surface area contributed by atoms with Gasteiger partial charge in [-0.25, -0.2) is 4.98 Å². The Morgan fingerprint density at radius 2 is 1.76 bits per heavy atom. The van der Waals surface area contributed by atoms with Crippen LogP contribution in [0.15, 0.2) is 65.1 Å². The van der Waals surface area contributed by atoms with Gasteiger partial charge in [-0.3, -0.25) is 0 Å². The number of benzene rings is 2. The van der Waals surface area contributed by atoms with Gasteiger partial charge in [0.2, 0.25) is 17.5 Å². The van der Waals surface area contributed by atoms with E-state index >= 15 is 0 Å². The van der Waals surface area contributed by atoms with E-state index in [4.69, 9.17) is 4.42 Å². The van der Waals surface area contributed by atoms with Gasteiger partial charge >= 0.3 is 0 Å². The van der Waals surface area contributed by atoms with Gasteiger partial charge in [0, 0.05) is 12.5 Å². The van der Waals surface area contributed by atoms with Crippen LogP contribution in [0.25, 0.3) is 0 Å². The molecule has 0 spiro atoms. The fourth-order valence-corrected chi connectivity index (χ4v) is 3.19. The summed E-state index contributed by atoms with van der Waals surface area (Å²) in [6, 6.07) is 22.8. The van der Waals surface area contributed by atoms with Gasteiger partial charge in [-0.1, -0.05) is 60.7 Å². The Labute approximate surface area is 147 Å². The van der Waals surface area contributed by atoms with Crippen LogP contribution in [0, 0.1) is 11.3 Å². The molecule has 3 aromatic rings. The minimum absolute atomic E-state index is 0.277. The maximum Gasteiger partial charge on any atom is 0.232 e. The molecule has 1 aromatic heterocycles. The molecule has 2 unspecified atom stereocenters. The van der Waals surface area contributed by atoms with Gasteiger partial charge in [0.25, 0.3) is 0 Å². The van der Waals surface area contributed by atoms with Crippen molar-refractivity contribution >= 4 is 5.88 Å². The molecule has 1 saturated carbocycles. The highest BCUT2D eigenvalue weighted by Crippen LogP contribution is 2.54. The molecule has 25 heavy (non-hydrogen) atoms. The summed E-state index contributed by atoms with van der Waals surface area (Å²) in [5.41, 5.74) is 2.91. The summed E-state index contributed by atoms with van der Waals surface area (Å²) in [6.07, 6.45) is 1.90. The number of aromatic nitrogens is 1. The van der Waals surface area contributed by atoms with Gasteiger partial charge in [0.1, 0.15) is 6.07 Å². The predicted octanol–water partition coefficient (Wildman–Crippen LogP) is 4.47. The zero-order valence-electron chi connectivity index (χ0n) is 13.9. The molecule has 4 heteroatoms. The van der Waals surface area contributed by atoms with Crippen molar-refractivity contribution in [2.24, 2.45) is 0 Å². The molecule has 124 valence electrons. The second kappa shape index (κ2) is 6.82. The number of hydrogen-bond acceptors (Lipinski definition) is 4. The second-order valence-corrected chi connectivity index (χ2v) is 6.36. The summed E-state index contributed by atoms with van der Waals surface area (Å²) in [7, 11) is 0. The first-order chi connectivity index (χ1) is 12.3. The SMILES string of the molecule is N#Cc1nc(C2CC2c2ccccc2)oc1NCCc1ccccc1. The smallest absolute Gasteiger partial charge is 0.232 e. The molecule has 0 bridgehead atoms. The van der Waals surface area contributed by atoms with Gasteiger partial charge in [0.15, 0.2) is 0 Å². The third-order valence-electron chi connectivity index (χ3n) is 4.63. The van der Waals surface area contributed by atoms with Crippen LogP contribution >= 0.6 is 0 Å². The predicted molar refractivity (Wildman–Crippen MR) is 96.4 cm³/mol. The van der Waals surface area contributed by atoms with Gasteiger partial charge in [-0.15, -0.1) is 0 Å². The zero-order chi connectivity index (χ0) is 17.1. The van der Waals surface area contributed by atoms with Crippen molar-refractivity contribution in [1.29, 1.82) is 5.26 Å². The molecule has 4 nitrogen and oxygen atoms in total. The molecule has 2 atom stereocenters. The van der Waals surface area contributed by atoms with Crippen molar-refractivity contribution < 1.29 is 4.42 Å². The maximum absolute atomic E-state index is 9.32. The van der Waals surface area contributed by atoms with Crippen LogP contribution in [0.3, 0.4) is 0 Å². The van der Waals surface area contributed by atoms with Crippen molar-refractivity contribution in [2.45, 2.75) is 24.7 Å². The van der Waals surface area contributed by atoms with Gasteiger partial charge in [0.05, 0.1) is 0 Å². The Hall–Kier alpha value is -3.06. The largest absolute Gasteiger partial charge is 0.424 e. The number of rotatable bonds is 6. The number of nitriles is 1. The number of anilines is 1. The van der Waals surface area contributed by atoms with Crippen LogP contribution in [0.4, 0.5) is 5.88 Å². The maximum atomic E-state index is 9.32. The van der Waals surface area contributed by atoms with E-state index in [0.717, 1.165) is 12.8 Å². The zero-order valence-corrected chi connectivity index (χ0v) is 13.9. The summed E-state index contributed by atoms with van der Waals surface area (Å²) < 4.78 is 5.87. The van der Waals surface area contributed by atoms with Gasteiger partial charge in [-0.05, 0) is 29.9 Å². The Bertz CT molecular complexity index is 881. The molecule has 0 aliphatic heterocycles. The fourth-order valence-electron chi connectivity index (χ4n) is 3.19. The molecule has 1 fully saturated rings. The first-order valence-electron chi connectivity index (χ1n) is 8.58. The number of nitrogens with one attached hydrogen (secondary N) is 1. The molecule has 1 N–H and O–H groups in total. The van der Waals surface area contributed by atoms with E-state index in [-0.39, 0.29) is 5.92 Å². The van der Waals surface area contributed by atoms with E-state index in [1.165, 1.54) is 11.1 Å². The lowest BCUT2D eigenvalue weighted by Gasteiger charge is -2.03. The number of nitrogens with zero attached hydrogens (tertiary/aromatic N) is 2. The van der Waals surface area contributed by atoms with E-state index in [9.17, 15) is 5.26 Å². The molecule has 0 radical (unpaired) electrons. The van der Waals surface area contributed by atoms with Gasteiger partial charge < -0.3 is 9.73 Å². The van der Waals surface area contributed by atoms with Crippen molar-refractivity contribution in [3.63, 3.8) is 0 Å². The average molecular weight is 329 g/mol. The molecular formula is C21H19N3O. The highest BCUT2D eigenvalue weighted by molar-refractivity contribution is 5.46. The summed E-state index contributed by atoms with van der Waals surface area (Å²) in [6.45, 7) is 0.708. The summed E-state index contributed by atoms with van der Waals surface area (Å²) >= 11 is 0. The Morgan fingerprint density at radius 1 is 1.04 bits per heavy atom. The first kappa shape index (κ1) is 15.5. The quantitative estimate of drug-likeness (QED) is 0.724. The standard InChI is InChI=1S/C21H19N3O/c22-14-19-21(23-12-11-15-7-3-1-4-8-15)25-20(24-19)18-13-17(18)16-9-5-2-6-10-16/h1-10,17-18,23H,11-13H2. The molecule has 0 saturated heterocycles. The van der Waals surface area contributed by atoms with Crippen LogP contribution in [-0.2, 0) is 6.42 Å². The first-order valence-corrected chi connectivity index (χ1v) is 8.58.